The number of phenolic OH excluding ortho intramolecular Hbond substituents is 2. The molecule has 18 nitrogen and oxygen atoms in total. The molecule has 2 aliphatic carbocycles. The van der Waals surface area contributed by atoms with Crippen LogP contribution in [0.3, 0.4) is 0 Å². The first kappa shape index (κ1) is 39.0. The van der Waals surface area contributed by atoms with Gasteiger partial charge in [-0.2, -0.15) is 0 Å². The van der Waals surface area contributed by atoms with Crippen molar-refractivity contribution in [2.45, 2.75) is 6.54 Å². The molecule has 10 rings (SSSR count). The number of aromatic hydroxyl groups is 2. The summed E-state index contributed by atoms with van der Waals surface area (Å²) in [5.41, 5.74) is -9.64. The number of carbonyl (C=O) groups is 6. The van der Waals surface area contributed by atoms with Gasteiger partial charge in [0, 0.05) is 51.2 Å². The average molecular weight is 1240 g/mol. The average Bonchev–Trinajstić information content (AvgIpc) is 0.729. The molecule has 0 fully saturated rings. The summed E-state index contributed by atoms with van der Waals surface area (Å²) in [6.07, 6.45) is 0. The Morgan fingerprint density at radius 2 is 0.926 bits per heavy atom. The van der Waals surface area contributed by atoms with Gasteiger partial charge in [0.05, 0.1) is 67.7 Å². The van der Waals surface area contributed by atoms with E-state index in [-0.39, 0.29) is 65.7 Å². The molecule has 0 spiro atoms. The number of hydrogen-bond donors (Lipinski definition) is 8. The second-order valence-electron chi connectivity index (χ2n) is 15.6. The van der Waals surface area contributed by atoms with Gasteiger partial charge >= 0.3 is 29.8 Å². The number of carboxylic acids is 5. The molecule has 0 bridgehead atoms. The van der Waals surface area contributed by atoms with E-state index in [0.29, 0.717) is 12.1 Å². The summed E-state index contributed by atoms with van der Waals surface area (Å²) in [6.45, 7) is -0.458. The molecular weight excluding hydrogens is 1190 g/mol. The molecule has 81 heavy (non-hydrogen) atoms. The number of benzene rings is 8. The third-order valence-electron chi connectivity index (χ3n) is 10.6. The summed E-state index contributed by atoms with van der Waals surface area (Å²) < 4.78 is 198. The van der Waals surface area contributed by atoms with Crippen molar-refractivity contribution in [1.82, 2.24) is 5.32 Å². The Kier molecular flexibility index (Phi) is 12.0. The highest BCUT2D eigenvalue weighted by molar-refractivity contribution is 14.1. The second kappa shape index (κ2) is 24.9. The van der Waals surface area contributed by atoms with Crippen LogP contribution in [0.15, 0.2) is 164 Å². The summed E-state index contributed by atoms with van der Waals surface area (Å²) in [5.74, 6) is -16.1. The first-order valence-electron chi connectivity index (χ1n) is 30.1. The number of carboxylic acid groups (broad SMARTS) is 5. The van der Waals surface area contributed by atoms with Crippen molar-refractivity contribution < 1.29 is 114 Å². The Morgan fingerprint density at radius 1 is 0.494 bits per heavy atom. The summed E-state index contributed by atoms with van der Waals surface area (Å²) in [4.78, 5) is 91.8. The molecule has 23 heteroatoms. The topological polar surface area (TPSA) is 316 Å². The first-order valence-corrected chi connectivity index (χ1v) is 23.2. The fourth-order valence-electron chi connectivity index (χ4n) is 7.20. The Hall–Kier alpha value is -10.4. The largest absolute Gasteiger partial charge is 0.505 e. The number of halogens is 5. The lowest BCUT2D eigenvalue weighted by atomic mass is 9.89. The zero-order chi connectivity index (χ0) is 73.8. The standard InChI is InChI=1S/C23H14F2INO6.C20H10F2O5.C8H6O4.C7H6O2/c24-15-5-12-18(7-17(15)28)33-22-13(20(12)10-3-1-2-4-11(10)23(31)32)6-16(25)21(30)14(22)9-27-19(29)8-26;21-13-5-11-17(7-15(13)23)27-18-8-16(24)14(22)6-12(18)19(11)9-3-1-2-4-10(9)20(25)26;9-7(10)5-3-1-2-4-6(5)8(11)12;8-7(9)6-4-2-1-3-5-6/h1-7,30H,8-9H2,(H,27,29)(H,31,32);1-8,23H,(H,25,26);1-4H,(H,9,10)(H,11,12);1-5H,(H,8,9)/i3*1D,2D,3D,4D;1D,2D,3D,4D,5D. The van der Waals surface area contributed by atoms with Crippen LogP contribution in [0.1, 0.15) is 80.7 Å². The molecule has 8 N–H and O–H groups in total. The maximum absolute atomic E-state index is 14.9. The summed E-state index contributed by atoms with van der Waals surface area (Å²) in [6, 6.07) is -7.92. The van der Waals surface area contributed by atoms with Gasteiger partial charge in [-0.3, -0.25) is 14.4 Å². The van der Waals surface area contributed by atoms with Gasteiger partial charge in [0.1, 0.15) is 22.7 Å². The lowest BCUT2D eigenvalue weighted by Gasteiger charge is -2.19. The lowest BCUT2D eigenvalue weighted by Crippen LogP contribution is -2.23. The molecule has 6 aromatic carbocycles. The Morgan fingerprint density at radius 3 is 1.40 bits per heavy atom. The van der Waals surface area contributed by atoms with E-state index in [1.807, 2.05) is 0 Å². The summed E-state index contributed by atoms with van der Waals surface area (Å²) in [7, 11) is 0. The van der Waals surface area contributed by atoms with Gasteiger partial charge in [-0.25, -0.2) is 41.5 Å². The van der Waals surface area contributed by atoms with E-state index in [2.05, 4.69) is 5.32 Å². The van der Waals surface area contributed by atoms with E-state index in [4.69, 9.17) is 47.5 Å². The van der Waals surface area contributed by atoms with Crippen LogP contribution in [0.2, 0.25) is 0 Å². The fourth-order valence-corrected chi connectivity index (χ4v) is 7.46. The molecule has 0 aromatic heterocycles. The van der Waals surface area contributed by atoms with Gasteiger partial charge in [0.15, 0.2) is 34.8 Å². The third kappa shape index (κ3) is 12.8. The van der Waals surface area contributed by atoms with Crippen LogP contribution >= 0.6 is 22.6 Å². The minimum atomic E-state index is -1.75. The van der Waals surface area contributed by atoms with Gasteiger partial charge in [-0.1, -0.05) is 89.1 Å². The number of amides is 1. The molecule has 410 valence electrons. The molecule has 6 aromatic rings. The van der Waals surface area contributed by atoms with E-state index >= 15 is 0 Å². The predicted octanol–water partition coefficient (Wildman–Crippen LogP) is 11.0. The maximum atomic E-state index is 14.9. The minimum absolute atomic E-state index is 0.0259. The monoisotopic (exact) mass is 1240 g/mol. The van der Waals surface area contributed by atoms with Crippen molar-refractivity contribution in [3.8, 4) is 56.4 Å². The third-order valence-corrected chi connectivity index (χ3v) is 11.3. The smallest absolute Gasteiger partial charge is 0.336 e. The van der Waals surface area contributed by atoms with E-state index in [1.165, 1.54) is 0 Å². The Balaban J connectivity index is 0.000000198. The molecule has 2 aliphatic heterocycles. The van der Waals surface area contributed by atoms with Crippen molar-refractivity contribution >= 4 is 80.3 Å². The van der Waals surface area contributed by atoms with Crippen LogP contribution in [0.25, 0.3) is 66.8 Å². The molecule has 0 unspecified atom stereocenters. The molecule has 2 heterocycles. The predicted molar refractivity (Wildman–Crippen MR) is 291 cm³/mol. The molecule has 0 saturated carbocycles. The number of nitrogens with one attached hydrogen (secondary N) is 1. The quantitative estimate of drug-likeness (QED) is 0.0273. The van der Waals surface area contributed by atoms with Crippen LogP contribution in [-0.4, -0.2) is 75.9 Å². The van der Waals surface area contributed by atoms with Crippen LogP contribution < -0.4 is 16.2 Å². The number of aromatic carboxylic acids is 5. The minimum Gasteiger partial charge on any atom is -0.505 e. The van der Waals surface area contributed by atoms with Crippen molar-refractivity contribution in [2.75, 3.05) is 4.43 Å². The number of phenols is 2. The SMILES string of the molecule is [2H]c1c([2H])c([2H])c(-c2c3cc(F)c(=O)cc-3oc3c(CNC(=O)CI)c(O)c(F)cc23)c(C(=O)O)c1[2H].[2H]c1c([2H])c([2H])c(-c2c3cc(F)c(=O)cc-3oc3cc(O)c(F)cc23)c(C(=O)O)c1[2H].[2H]c1c([2H])c([2H])c(C(=O)O)c(C(=O)O)c1[2H].[2H]c1c([2H])c([2H])c(C(=O)O)c([2H])c1[2H]. The normalized spacial score (nSPS) is 13.6. The van der Waals surface area contributed by atoms with Gasteiger partial charge in [0.25, 0.3) is 0 Å². The van der Waals surface area contributed by atoms with E-state index in [1.54, 1.807) is 22.6 Å². The lowest BCUT2D eigenvalue weighted by molar-refractivity contribution is -0.118. The Bertz CT molecular complexity index is 5160. The molecular formula is C58H36F4INO17. The van der Waals surface area contributed by atoms with Crippen LogP contribution in [0.4, 0.5) is 17.6 Å². The summed E-state index contributed by atoms with van der Waals surface area (Å²) in [5, 5.41) is 67.6. The zero-order valence-electron chi connectivity index (χ0n) is 56.6. The number of hydrogen-bond acceptors (Lipinski definition) is 12. The highest BCUT2D eigenvalue weighted by Crippen LogP contribution is 2.45. The van der Waals surface area contributed by atoms with Gasteiger partial charge < -0.3 is 49.9 Å². The zero-order valence-corrected chi connectivity index (χ0v) is 41.7. The summed E-state index contributed by atoms with van der Waals surface area (Å²) >= 11 is 1.77. The number of carbonyl (C=O) groups excluding carboxylic acids is 1. The van der Waals surface area contributed by atoms with E-state index in [0.717, 1.165) is 30.3 Å². The molecule has 0 atom stereocenters. The number of rotatable bonds is 10. The first-order chi connectivity index (χ1) is 45.6. The van der Waals surface area contributed by atoms with Crippen LogP contribution in [-0.2, 0) is 11.3 Å². The van der Waals surface area contributed by atoms with Gasteiger partial charge in [-0.05, 0) is 71.6 Å². The fraction of sp³-hybridized carbons (Fsp3) is 0.0345. The van der Waals surface area contributed by atoms with E-state index < -0.39 is 230 Å². The van der Waals surface area contributed by atoms with E-state index in [9.17, 15) is 76.3 Å². The Labute approximate surface area is 488 Å². The molecule has 0 saturated heterocycles. The van der Waals surface area contributed by atoms with Crippen molar-refractivity contribution in [1.29, 1.82) is 0 Å². The molecule has 4 aliphatic rings. The molecule has 0 radical (unpaired) electrons. The van der Waals surface area contributed by atoms with Gasteiger partial charge in [0.2, 0.25) is 16.8 Å². The van der Waals surface area contributed by atoms with Crippen molar-refractivity contribution in [3.63, 3.8) is 0 Å². The highest BCUT2D eigenvalue weighted by Gasteiger charge is 2.28. The number of fused-ring (bicyclic) bond motifs is 4. The number of alkyl halides is 1. The molecule has 1 amide bonds. The van der Waals surface area contributed by atoms with Crippen LogP contribution in [0, 0.1) is 23.3 Å². The van der Waals surface area contributed by atoms with Crippen LogP contribution in [0.5, 0.6) is 11.5 Å². The van der Waals surface area contributed by atoms with Crippen molar-refractivity contribution in [2.24, 2.45) is 0 Å². The van der Waals surface area contributed by atoms with Crippen molar-refractivity contribution in [3.05, 3.63) is 222 Å². The highest BCUT2D eigenvalue weighted by atomic mass is 127. The second-order valence-corrected chi connectivity index (χ2v) is 16.3. The maximum Gasteiger partial charge on any atom is 0.336 e. The van der Waals surface area contributed by atoms with Gasteiger partial charge in [-0.15, -0.1) is 0 Å².